The number of rotatable bonds is 5. The molecule has 7 heteroatoms. The van der Waals surface area contributed by atoms with Gasteiger partial charge in [-0.1, -0.05) is 6.07 Å². The number of ether oxygens (including phenoxy) is 2. The van der Waals surface area contributed by atoms with Crippen LogP contribution in [0.5, 0.6) is 0 Å². The zero-order chi connectivity index (χ0) is 20.6. The minimum atomic E-state index is -0.979. The second-order valence-electron chi connectivity index (χ2n) is 7.88. The Bertz CT molecular complexity index is 803. The number of ketones is 1. The lowest BCUT2D eigenvalue weighted by Crippen LogP contribution is -2.38. The van der Waals surface area contributed by atoms with Gasteiger partial charge in [0.25, 0.3) is 11.7 Å². The van der Waals surface area contributed by atoms with E-state index < -0.39 is 34.6 Å². The molecule has 0 radical (unpaired) electrons. The van der Waals surface area contributed by atoms with Crippen LogP contribution in [0.2, 0.25) is 0 Å². The predicted octanol–water partition coefficient (Wildman–Crippen LogP) is 2.40. The number of nitrogens with zero attached hydrogens (tertiary/aromatic N) is 1. The van der Waals surface area contributed by atoms with Crippen LogP contribution in [0.15, 0.2) is 18.2 Å². The summed E-state index contributed by atoms with van der Waals surface area (Å²) in [4.78, 5) is 50.1. The van der Waals surface area contributed by atoms with E-state index in [1.54, 1.807) is 53.7 Å². The minimum absolute atomic E-state index is 0.165. The second-order valence-corrected chi connectivity index (χ2v) is 7.88. The Labute approximate surface area is 158 Å². The van der Waals surface area contributed by atoms with E-state index in [1.807, 2.05) is 0 Å². The normalized spacial score (nSPS) is 14.2. The lowest BCUT2D eigenvalue weighted by Gasteiger charge is -2.24. The molecule has 1 aliphatic heterocycles. The van der Waals surface area contributed by atoms with Gasteiger partial charge in [0.1, 0.15) is 12.1 Å². The first-order valence-corrected chi connectivity index (χ1v) is 8.78. The molecule has 27 heavy (non-hydrogen) atoms. The molecule has 0 aliphatic carbocycles. The molecule has 7 nitrogen and oxygen atoms in total. The first kappa shape index (κ1) is 20.6. The summed E-state index contributed by atoms with van der Waals surface area (Å²) in [6.45, 7) is 10.1. The van der Waals surface area contributed by atoms with Gasteiger partial charge < -0.3 is 9.47 Å². The van der Waals surface area contributed by atoms with E-state index in [-0.39, 0.29) is 18.7 Å². The minimum Gasteiger partial charge on any atom is -0.465 e. The van der Waals surface area contributed by atoms with Crippen molar-refractivity contribution >= 4 is 29.3 Å². The Balaban J connectivity index is 2.34. The standard InChI is InChI=1S/C20H25NO6/c1-7-26-18(25)20(5,6)12-8-9-14-13(10-12)16(23)17(24)21(14)11-15(22)27-19(2,3)4/h8-10H,7,11H2,1-6H3. The highest BCUT2D eigenvalue weighted by Crippen LogP contribution is 2.34. The van der Waals surface area contributed by atoms with Crippen molar-refractivity contribution in [2.75, 3.05) is 18.1 Å². The number of carbonyl (C=O) groups is 4. The van der Waals surface area contributed by atoms with Gasteiger partial charge in [0.2, 0.25) is 0 Å². The highest BCUT2D eigenvalue weighted by Gasteiger charge is 2.40. The molecule has 0 saturated carbocycles. The molecule has 1 aromatic carbocycles. The van der Waals surface area contributed by atoms with Crippen molar-refractivity contribution in [3.05, 3.63) is 29.3 Å². The third-order valence-electron chi connectivity index (χ3n) is 4.19. The number of esters is 2. The van der Waals surface area contributed by atoms with Crippen LogP contribution >= 0.6 is 0 Å². The summed E-state index contributed by atoms with van der Waals surface area (Å²) >= 11 is 0. The fraction of sp³-hybridized carbons (Fsp3) is 0.500. The predicted molar refractivity (Wildman–Crippen MR) is 98.6 cm³/mol. The van der Waals surface area contributed by atoms with Crippen molar-refractivity contribution < 1.29 is 28.7 Å². The van der Waals surface area contributed by atoms with Gasteiger partial charge in [0.15, 0.2) is 0 Å². The van der Waals surface area contributed by atoms with Crippen molar-refractivity contribution in [1.82, 2.24) is 0 Å². The number of hydrogen-bond acceptors (Lipinski definition) is 6. The van der Waals surface area contributed by atoms with Crippen LogP contribution in [0, 0.1) is 0 Å². The largest absolute Gasteiger partial charge is 0.465 e. The van der Waals surface area contributed by atoms with E-state index in [4.69, 9.17) is 9.47 Å². The van der Waals surface area contributed by atoms with Crippen LogP contribution in [0.4, 0.5) is 5.69 Å². The van der Waals surface area contributed by atoms with Crippen LogP contribution in [-0.4, -0.2) is 42.4 Å². The zero-order valence-corrected chi connectivity index (χ0v) is 16.5. The molecule has 0 fully saturated rings. The highest BCUT2D eigenvalue weighted by molar-refractivity contribution is 6.52. The number of Topliss-reactive ketones (excluding diaryl/α,β-unsaturated/α-hetero) is 1. The van der Waals surface area contributed by atoms with Crippen molar-refractivity contribution in [2.45, 2.75) is 52.6 Å². The van der Waals surface area contributed by atoms with Crippen molar-refractivity contribution in [1.29, 1.82) is 0 Å². The maximum Gasteiger partial charge on any atom is 0.326 e. The number of benzene rings is 1. The summed E-state index contributed by atoms with van der Waals surface area (Å²) in [6, 6.07) is 4.74. The molecule has 2 rings (SSSR count). The van der Waals surface area contributed by atoms with Gasteiger partial charge in [0.05, 0.1) is 23.3 Å². The molecule has 0 aromatic heterocycles. The van der Waals surface area contributed by atoms with Gasteiger partial charge in [-0.3, -0.25) is 24.1 Å². The van der Waals surface area contributed by atoms with Gasteiger partial charge in [0, 0.05) is 0 Å². The summed E-state index contributed by atoms with van der Waals surface area (Å²) in [5.74, 6) is -2.53. The molecular formula is C20H25NO6. The third kappa shape index (κ3) is 4.18. The highest BCUT2D eigenvalue weighted by atomic mass is 16.6. The molecule has 0 spiro atoms. The van der Waals surface area contributed by atoms with E-state index in [1.165, 1.54) is 6.07 Å². The Morgan fingerprint density at radius 2 is 1.70 bits per heavy atom. The first-order valence-electron chi connectivity index (χ1n) is 8.78. The van der Waals surface area contributed by atoms with Gasteiger partial charge in [-0.25, -0.2) is 0 Å². The fourth-order valence-electron chi connectivity index (χ4n) is 2.78. The quantitative estimate of drug-likeness (QED) is 0.580. The molecule has 0 saturated heterocycles. The first-order chi connectivity index (χ1) is 12.4. The van der Waals surface area contributed by atoms with Crippen LogP contribution in [0.3, 0.4) is 0 Å². The number of anilines is 1. The Hall–Kier alpha value is -2.70. The molecular weight excluding hydrogens is 350 g/mol. The van der Waals surface area contributed by atoms with Crippen molar-refractivity contribution in [3.8, 4) is 0 Å². The van der Waals surface area contributed by atoms with Gasteiger partial charge in [-0.2, -0.15) is 0 Å². The van der Waals surface area contributed by atoms with Crippen LogP contribution in [0.25, 0.3) is 0 Å². The molecule has 1 amide bonds. The zero-order valence-electron chi connectivity index (χ0n) is 16.5. The number of hydrogen-bond donors (Lipinski definition) is 0. The summed E-state index contributed by atoms with van der Waals surface area (Å²) in [6.07, 6.45) is 0. The van der Waals surface area contributed by atoms with Crippen LogP contribution in [0.1, 0.15) is 57.5 Å². The average molecular weight is 375 g/mol. The van der Waals surface area contributed by atoms with E-state index in [2.05, 4.69) is 0 Å². The molecule has 0 bridgehead atoms. The Kier molecular flexibility index (Phi) is 5.45. The van der Waals surface area contributed by atoms with E-state index >= 15 is 0 Å². The van der Waals surface area contributed by atoms with Crippen molar-refractivity contribution in [2.24, 2.45) is 0 Å². The van der Waals surface area contributed by atoms with Crippen LogP contribution in [-0.2, 0) is 29.3 Å². The number of fused-ring (bicyclic) bond motifs is 1. The fourth-order valence-corrected chi connectivity index (χ4v) is 2.78. The lowest BCUT2D eigenvalue weighted by atomic mass is 9.83. The molecule has 0 unspecified atom stereocenters. The van der Waals surface area contributed by atoms with E-state index in [9.17, 15) is 19.2 Å². The van der Waals surface area contributed by atoms with Crippen LogP contribution < -0.4 is 4.90 Å². The number of amides is 1. The topological polar surface area (TPSA) is 90.0 Å². The van der Waals surface area contributed by atoms with Gasteiger partial charge in [-0.05, 0) is 59.2 Å². The maximum absolute atomic E-state index is 12.4. The number of carbonyl (C=O) groups excluding carboxylic acids is 4. The molecule has 1 aliphatic rings. The summed E-state index contributed by atoms with van der Waals surface area (Å²) in [7, 11) is 0. The molecule has 1 aromatic rings. The van der Waals surface area contributed by atoms with Gasteiger partial charge >= 0.3 is 11.9 Å². The average Bonchev–Trinajstić information content (AvgIpc) is 2.78. The molecule has 1 heterocycles. The van der Waals surface area contributed by atoms with Crippen molar-refractivity contribution in [3.63, 3.8) is 0 Å². The molecule has 0 N–H and O–H groups in total. The molecule has 146 valence electrons. The summed E-state index contributed by atoms with van der Waals surface area (Å²) < 4.78 is 10.3. The Morgan fingerprint density at radius 3 is 2.26 bits per heavy atom. The maximum atomic E-state index is 12.4. The lowest BCUT2D eigenvalue weighted by molar-refractivity contribution is -0.153. The molecule has 0 atom stereocenters. The van der Waals surface area contributed by atoms with E-state index in [0.717, 1.165) is 4.90 Å². The third-order valence-corrected chi connectivity index (χ3v) is 4.19. The van der Waals surface area contributed by atoms with Gasteiger partial charge in [-0.15, -0.1) is 0 Å². The van der Waals surface area contributed by atoms with E-state index in [0.29, 0.717) is 11.3 Å². The Morgan fingerprint density at radius 1 is 1.07 bits per heavy atom. The SMILES string of the molecule is CCOC(=O)C(C)(C)c1ccc2c(c1)C(=O)C(=O)N2CC(=O)OC(C)(C)C. The smallest absolute Gasteiger partial charge is 0.326 e. The monoisotopic (exact) mass is 375 g/mol. The summed E-state index contributed by atoms with van der Waals surface area (Å²) in [5.41, 5.74) is -0.620. The second kappa shape index (κ2) is 7.13. The summed E-state index contributed by atoms with van der Waals surface area (Å²) in [5, 5.41) is 0.